The average molecular weight is 320 g/mol. The van der Waals surface area contributed by atoms with Crippen LogP contribution < -0.4 is 5.32 Å². The van der Waals surface area contributed by atoms with Crippen molar-refractivity contribution in [2.75, 3.05) is 0 Å². The Kier molecular flexibility index (Phi) is 4.99. The van der Waals surface area contributed by atoms with Gasteiger partial charge in [-0.3, -0.25) is 4.79 Å². The van der Waals surface area contributed by atoms with Gasteiger partial charge in [-0.25, -0.2) is 0 Å². The third-order valence-electron chi connectivity index (χ3n) is 4.51. The number of carbonyl (C=O) groups is 1. The maximum Gasteiger partial charge on any atom is 0.220 e. The number of para-hydroxylation sites is 1. The SMILES string of the molecule is CCn1cc(CCC(=O)N[C@@H](C)c2ccccc2)c2ccccc21. The topological polar surface area (TPSA) is 34.0 Å². The van der Waals surface area contributed by atoms with Crippen LogP contribution in [0.25, 0.3) is 10.9 Å². The molecule has 1 amide bonds. The third kappa shape index (κ3) is 3.51. The van der Waals surface area contributed by atoms with E-state index in [9.17, 15) is 4.79 Å². The van der Waals surface area contributed by atoms with Gasteiger partial charge in [-0.2, -0.15) is 0 Å². The van der Waals surface area contributed by atoms with E-state index in [2.05, 4.69) is 47.3 Å². The van der Waals surface area contributed by atoms with E-state index in [0.29, 0.717) is 6.42 Å². The Bertz CT molecular complexity index is 820. The number of aromatic nitrogens is 1. The van der Waals surface area contributed by atoms with E-state index in [1.807, 2.05) is 37.3 Å². The molecule has 3 nitrogen and oxygen atoms in total. The molecule has 0 aliphatic heterocycles. The highest BCUT2D eigenvalue weighted by Crippen LogP contribution is 2.22. The van der Waals surface area contributed by atoms with Gasteiger partial charge in [-0.05, 0) is 37.5 Å². The Morgan fingerprint density at radius 1 is 1.08 bits per heavy atom. The summed E-state index contributed by atoms with van der Waals surface area (Å²) in [5.74, 6) is 0.0969. The lowest BCUT2D eigenvalue weighted by Crippen LogP contribution is -2.26. The lowest BCUT2D eigenvalue weighted by Gasteiger charge is -2.14. The van der Waals surface area contributed by atoms with E-state index in [1.165, 1.54) is 16.5 Å². The van der Waals surface area contributed by atoms with Crippen LogP contribution in [0.3, 0.4) is 0 Å². The van der Waals surface area contributed by atoms with E-state index in [4.69, 9.17) is 0 Å². The molecule has 3 rings (SSSR count). The first-order chi connectivity index (χ1) is 11.7. The summed E-state index contributed by atoms with van der Waals surface area (Å²) in [4.78, 5) is 12.3. The summed E-state index contributed by atoms with van der Waals surface area (Å²) >= 11 is 0. The molecule has 1 atom stereocenters. The first kappa shape index (κ1) is 16.3. The van der Waals surface area contributed by atoms with Crippen molar-refractivity contribution in [1.82, 2.24) is 9.88 Å². The maximum atomic E-state index is 12.3. The summed E-state index contributed by atoms with van der Waals surface area (Å²) in [7, 11) is 0. The quantitative estimate of drug-likeness (QED) is 0.714. The molecule has 0 radical (unpaired) electrons. The zero-order chi connectivity index (χ0) is 16.9. The smallest absolute Gasteiger partial charge is 0.220 e. The van der Waals surface area contributed by atoms with Crippen LogP contribution in [0.1, 0.15) is 37.4 Å². The Labute approximate surface area is 143 Å². The summed E-state index contributed by atoms with van der Waals surface area (Å²) < 4.78 is 2.25. The summed E-state index contributed by atoms with van der Waals surface area (Å²) in [6.45, 7) is 5.11. The second-order valence-corrected chi connectivity index (χ2v) is 6.16. The standard InChI is InChI=1S/C21H24N2O/c1-3-23-15-18(19-11-7-8-12-20(19)23)13-14-21(24)22-16(2)17-9-5-4-6-10-17/h4-12,15-16H,3,13-14H2,1-2H3,(H,22,24)/t16-/m0/s1. The molecule has 1 N–H and O–H groups in total. The van der Waals surface area contributed by atoms with E-state index < -0.39 is 0 Å². The van der Waals surface area contributed by atoms with Crippen LogP contribution in [0.15, 0.2) is 60.8 Å². The second kappa shape index (κ2) is 7.35. The van der Waals surface area contributed by atoms with Gasteiger partial charge >= 0.3 is 0 Å². The van der Waals surface area contributed by atoms with Gasteiger partial charge in [0.25, 0.3) is 0 Å². The molecule has 1 aromatic heterocycles. The number of nitrogens with zero attached hydrogens (tertiary/aromatic N) is 1. The van der Waals surface area contributed by atoms with Crippen LogP contribution in [0, 0.1) is 0 Å². The summed E-state index contributed by atoms with van der Waals surface area (Å²) in [5.41, 5.74) is 3.62. The van der Waals surface area contributed by atoms with Gasteiger partial charge < -0.3 is 9.88 Å². The zero-order valence-electron chi connectivity index (χ0n) is 14.3. The van der Waals surface area contributed by atoms with Gasteiger partial charge in [0.15, 0.2) is 0 Å². The predicted molar refractivity (Wildman–Crippen MR) is 98.9 cm³/mol. The molecule has 124 valence electrons. The highest BCUT2D eigenvalue weighted by Gasteiger charge is 2.12. The minimum Gasteiger partial charge on any atom is -0.350 e. The fraction of sp³-hybridized carbons (Fsp3) is 0.286. The lowest BCUT2D eigenvalue weighted by atomic mass is 10.1. The first-order valence-electron chi connectivity index (χ1n) is 8.60. The van der Waals surface area contributed by atoms with Gasteiger partial charge in [-0.1, -0.05) is 48.5 Å². The summed E-state index contributed by atoms with van der Waals surface area (Å²) in [6, 6.07) is 18.5. The Hall–Kier alpha value is -2.55. The summed E-state index contributed by atoms with van der Waals surface area (Å²) in [5, 5.41) is 4.34. The number of rotatable bonds is 6. The zero-order valence-corrected chi connectivity index (χ0v) is 14.3. The van der Waals surface area contributed by atoms with E-state index in [0.717, 1.165) is 18.5 Å². The molecule has 0 saturated heterocycles. The van der Waals surface area contributed by atoms with Gasteiger partial charge in [0.05, 0.1) is 6.04 Å². The Morgan fingerprint density at radius 3 is 2.54 bits per heavy atom. The number of amides is 1. The van der Waals surface area contributed by atoms with Crippen molar-refractivity contribution in [3.05, 3.63) is 71.9 Å². The van der Waals surface area contributed by atoms with Gasteiger partial charge in [0.2, 0.25) is 5.91 Å². The third-order valence-corrected chi connectivity index (χ3v) is 4.51. The van der Waals surface area contributed by atoms with Crippen molar-refractivity contribution in [3.63, 3.8) is 0 Å². The molecule has 0 unspecified atom stereocenters. The molecule has 3 aromatic rings. The minimum atomic E-state index is 0.0377. The van der Waals surface area contributed by atoms with E-state index in [-0.39, 0.29) is 11.9 Å². The number of carbonyl (C=O) groups excluding carboxylic acids is 1. The van der Waals surface area contributed by atoms with E-state index in [1.54, 1.807) is 0 Å². The molecule has 2 aromatic carbocycles. The molecule has 0 bridgehead atoms. The number of hydrogen-bond donors (Lipinski definition) is 1. The average Bonchev–Trinajstić information content (AvgIpc) is 2.99. The van der Waals surface area contributed by atoms with Crippen molar-refractivity contribution in [3.8, 4) is 0 Å². The fourth-order valence-electron chi connectivity index (χ4n) is 3.17. The number of fused-ring (bicyclic) bond motifs is 1. The van der Waals surface area contributed by atoms with Gasteiger partial charge in [0.1, 0.15) is 0 Å². The van der Waals surface area contributed by atoms with Crippen molar-refractivity contribution < 1.29 is 4.79 Å². The van der Waals surface area contributed by atoms with Crippen LogP contribution >= 0.6 is 0 Å². The van der Waals surface area contributed by atoms with Crippen LogP contribution in [-0.4, -0.2) is 10.5 Å². The molecule has 0 saturated carbocycles. The number of benzene rings is 2. The second-order valence-electron chi connectivity index (χ2n) is 6.16. The van der Waals surface area contributed by atoms with Crippen molar-refractivity contribution in [2.24, 2.45) is 0 Å². The van der Waals surface area contributed by atoms with Crippen LogP contribution in [0.4, 0.5) is 0 Å². The minimum absolute atomic E-state index is 0.0377. The van der Waals surface area contributed by atoms with Gasteiger partial charge in [-0.15, -0.1) is 0 Å². The van der Waals surface area contributed by atoms with E-state index >= 15 is 0 Å². The molecule has 24 heavy (non-hydrogen) atoms. The van der Waals surface area contributed by atoms with Crippen molar-refractivity contribution >= 4 is 16.8 Å². The Balaban J connectivity index is 1.64. The van der Waals surface area contributed by atoms with Crippen LogP contribution in [0.5, 0.6) is 0 Å². The molecule has 1 heterocycles. The molecular weight excluding hydrogens is 296 g/mol. The highest BCUT2D eigenvalue weighted by molar-refractivity contribution is 5.85. The molecule has 0 aliphatic carbocycles. The largest absolute Gasteiger partial charge is 0.350 e. The fourth-order valence-corrected chi connectivity index (χ4v) is 3.17. The molecule has 0 aliphatic rings. The maximum absolute atomic E-state index is 12.3. The molecule has 0 spiro atoms. The summed E-state index contributed by atoms with van der Waals surface area (Å²) in [6.07, 6.45) is 3.45. The lowest BCUT2D eigenvalue weighted by molar-refractivity contribution is -0.121. The molecule has 0 fully saturated rings. The monoisotopic (exact) mass is 320 g/mol. The normalized spacial score (nSPS) is 12.2. The van der Waals surface area contributed by atoms with Crippen molar-refractivity contribution in [1.29, 1.82) is 0 Å². The van der Waals surface area contributed by atoms with Crippen LogP contribution in [0.2, 0.25) is 0 Å². The highest BCUT2D eigenvalue weighted by atomic mass is 16.1. The predicted octanol–water partition coefficient (Wildman–Crippen LogP) is 4.47. The van der Waals surface area contributed by atoms with Gasteiger partial charge in [0, 0.05) is 30.1 Å². The molecular formula is C21H24N2O. The van der Waals surface area contributed by atoms with Crippen molar-refractivity contribution in [2.45, 2.75) is 39.3 Å². The number of nitrogens with one attached hydrogen (secondary N) is 1. The molecule has 3 heteroatoms. The first-order valence-corrected chi connectivity index (χ1v) is 8.60. The number of hydrogen-bond acceptors (Lipinski definition) is 1. The number of aryl methyl sites for hydroxylation is 2. The van der Waals surface area contributed by atoms with Crippen LogP contribution in [-0.2, 0) is 17.8 Å². The Morgan fingerprint density at radius 2 is 1.79 bits per heavy atom.